The molecule has 2 rings (SSSR count). The van der Waals surface area contributed by atoms with Gasteiger partial charge in [-0.2, -0.15) is 0 Å². The fraction of sp³-hybridized carbons (Fsp3) is 0.692. The van der Waals surface area contributed by atoms with Gasteiger partial charge in [0.15, 0.2) is 5.82 Å². The fourth-order valence-corrected chi connectivity index (χ4v) is 2.52. The Morgan fingerprint density at radius 3 is 2.82 bits per heavy atom. The molecule has 1 aliphatic carbocycles. The second-order valence-corrected chi connectivity index (χ2v) is 4.92. The molecule has 0 atom stereocenters. The molecule has 1 saturated carbocycles. The second kappa shape index (κ2) is 5.45. The molecule has 4 nitrogen and oxygen atoms in total. The van der Waals surface area contributed by atoms with E-state index in [9.17, 15) is 4.79 Å². The van der Waals surface area contributed by atoms with Gasteiger partial charge >= 0.3 is 0 Å². The summed E-state index contributed by atoms with van der Waals surface area (Å²) in [5.74, 6) is 0.968. The molecule has 0 aliphatic heterocycles. The molecule has 0 spiro atoms. The minimum Gasteiger partial charge on any atom is -0.329 e. The summed E-state index contributed by atoms with van der Waals surface area (Å²) >= 11 is 0. The molecule has 0 saturated heterocycles. The van der Waals surface area contributed by atoms with Crippen molar-refractivity contribution in [2.24, 2.45) is 11.7 Å². The Morgan fingerprint density at radius 1 is 1.47 bits per heavy atom. The Bertz CT molecular complexity index is 378. The van der Waals surface area contributed by atoms with Crippen molar-refractivity contribution in [1.29, 1.82) is 0 Å². The van der Waals surface area contributed by atoms with E-state index in [0.717, 1.165) is 38.6 Å². The molecule has 2 N–H and O–H groups in total. The lowest BCUT2D eigenvalue weighted by atomic mass is 9.83. The molecule has 17 heavy (non-hydrogen) atoms. The molecule has 1 aliphatic rings. The summed E-state index contributed by atoms with van der Waals surface area (Å²) in [5.41, 5.74) is 5.86. The van der Waals surface area contributed by atoms with Gasteiger partial charge < -0.3 is 10.3 Å². The number of nitrogens with zero attached hydrogens (tertiary/aromatic N) is 2. The largest absolute Gasteiger partial charge is 0.329 e. The molecule has 4 heteroatoms. The summed E-state index contributed by atoms with van der Waals surface area (Å²) in [4.78, 5) is 16.6. The zero-order valence-corrected chi connectivity index (χ0v) is 10.4. The van der Waals surface area contributed by atoms with Crippen molar-refractivity contribution in [3.63, 3.8) is 0 Å². The van der Waals surface area contributed by atoms with Crippen molar-refractivity contribution < 1.29 is 4.79 Å². The topological polar surface area (TPSA) is 60.9 Å². The molecule has 0 bridgehead atoms. The highest BCUT2D eigenvalue weighted by Gasteiger charge is 2.27. The highest BCUT2D eigenvalue weighted by Crippen LogP contribution is 2.26. The van der Waals surface area contributed by atoms with Gasteiger partial charge in [-0.25, -0.2) is 4.98 Å². The maximum Gasteiger partial charge on any atom is 0.201 e. The molecule has 0 radical (unpaired) electrons. The Morgan fingerprint density at radius 2 is 2.18 bits per heavy atom. The molecule has 1 heterocycles. The van der Waals surface area contributed by atoms with E-state index in [1.54, 1.807) is 6.20 Å². The van der Waals surface area contributed by atoms with Crippen molar-refractivity contribution in [2.75, 3.05) is 0 Å². The molecular formula is C13H21N3O. The van der Waals surface area contributed by atoms with E-state index in [-0.39, 0.29) is 17.7 Å². The monoisotopic (exact) mass is 235 g/mol. The van der Waals surface area contributed by atoms with Gasteiger partial charge in [-0.15, -0.1) is 0 Å². The average Bonchev–Trinajstić information content (AvgIpc) is 2.78. The van der Waals surface area contributed by atoms with Gasteiger partial charge in [0.2, 0.25) is 5.78 Å². The molecule has 1 aromatic heterocycles. The van der Waals surface area contributed by atoms with Crippen LogP contribution in [0.15, 0.2) is 12.4 Å². The van der Waals surface area contributed by atoms with Crippen LogP contribution in [0.2, 0.25) is 0 Å². The number of aromatic nitrogens is 2. The van der Waals surface area contributed by atoms with E-state index in [1.165, 1.54) is 0 Å². The molecule has 1 fully saturated rings. The Hall–Kier alpha value is -1.16. The van der Waals surface area contributed by atoms with Crippen LogP contribution in [-0.4, -0.2) is 21.4 Å². The zero-order valence-electron chi connectivity index (χ0n) is 10.4. The number of hydrogen-bond acceptors (Lipinski definition) is 3. The van der Waals surface area contributed by atoms with Gasteiger partial charge in [-0.3, -0.25) is 4.79 Å². The average molecular weight is 235 g/mol. The maximum absolute atomic E-state index is 12.3. The third kappa shape index (κ3) is 2.75. The summed E-state index contributed by atoms with van der Waals surface area (Å²) in [6.07, 6.45) is 8.39. The molecule has 94 valence electrons. The summed E-state index contributed by atoms with van der Waals surface area (Å²) in [7, 11) is 0. The Kier molecular flexibility index (Phi) is 3.94. The van der Waals surface area contributed by atoms with Gasteiger partial charge in [0.1, 0.15) is 0 Å². The van der Waals surface area contributed by atoms with E-state index in [1.807, 2.05) is 10.8 Å². The van der Waals surface area contributed by atoms with Crippen molar-refractivity contribution in [3.8, 4) is 0 Å². The highest BCUT2D eigenvalue weighted by molar-refractivity contribution is 5.94. The van der Waals surface area contributed by atoms with Crippen LogP contribution in [0.4, 0.5) is 0 Å². The van der Waals surface area contributed by atoms with E-state index >= 15 is 0 Å². The number of rotatable bonds is 4. The van der Waals surface area contributed by atoms with E-state index in [0.29, 0.717) is 5.82 Å². The number of Topliss-reactive ketones (excluding diaryl/α,β-unsaturated/α-hetero) is 1. The summed E-state index contributed by atoms with van der Waals surface area (Å²) in [5, 5.41) is 0. The van der Waals surface area contributed by atoms with Gasteiger partial charge in [0.05, 0.1) is 0 Å². The van der Waals surface area contributed by atoms with Crippen LogP contribution < -0.4 is 5.73 Å². The number of ketones is 1. The van der Waals surface area contributed by atoms with Crippen LogP contribution >= 0.6 is 0 Å². The maximum atomic E-state index is 12.3. The van der Waals surface area contributed by atoms with Crippen molar-refractivity contribution in [3.05, 3.63) is 18.2 Å². The second-order valence-electron chi connectivity index (χ2n) is 4.92. The minimum atomic E-state index is 0.132. The lowest BCUT2D eigenvalue weighted by molar-refractivity contribution is 0.0869. The summed E-state index contributed by atoms with van der Waals surface area (Å²) in [6.45, 7) is 2.97. The summed E-state index contributed by atoms with van der Waals surface area (Å²) in [6, 6.07) is 0.287. The van der Waals surface area contributed by atoms with Crippen LogP contribution in [0.1, 0.15) is 49.6 Å². The van der Waals surface area contributed by atoms with Crippen LogP contribution in [0, 0.1) is 5.92 Å². The molecule has 0 aromatic carbocycles. The number of carbonyl (C=O) groups is 1. The number of hydrogen-bond donors (Lipinski definition) is 1. The number of carbonyl (C=O) groups excluding carboxylic acids is 1. The standard InChI is InChI=1S/C13H21N3O/c1-2-8-16-9-7-15-13(16)12(17)10-3-5-11(14)6-4-10/h7,9-11H,2-6,8,14H2,1H3. The summed E-state index contributed by atoms with van der Waals surface area (Å²) < 4.78 is 1.97. The lowest BCUT2D eigenvalue weighted by Gasteiger charge is -2.24. The van der Waals surface area contributed by atoms with Crippen LogP contribution in [0.3, 0.4) is 0 Å². The van der Waals surface area contributed by atoms with Crippen molar-refractivity contribution in [1.82, 2.24) is 9.55 Å². The van der Waals surface area contributed by atoms with Gasteiger partial charge in [-0.1, -0.05) is 6.92 Å². The first-order valence-electron chi connectivity index (χ1n) is 6.53. The predicted molar refractivity (Wildman–Crippen MR) is 66.8 cm³/mol. The first kappa shape index (κ1) is 12.3. The van der Waals surface area contributed by atoms with Gasteiger partial charge in [0, 0.05) is 30.9 Å². The van der Waals surface area contributed by atoms with Gasteiger partial charge in [-0.05, 0) is 32.1 Å². The highest BCUT2D eigenvalue weighted by atomic mass is 16.1. The number of aryl methyl sites for hydroxylation is 1. The third-order valence-corrected chi connectivity index (χ3v) is 3.54. The minimum absolute atomic E-state index is 0.132. The first-order chi connectivity index (χ1) is 8.22. The third-order valence-electron chi connectivity index (χ3n) is 3.54. The molecular weight excluding hydrogens is 214 g/mol. The first-order valence-corrected chi connectivity index (χ1v) is 6.53. The van der Waals surface area contributed by atoms with E-state index < -0.39 is 0 Å². The quantitative estimate of drug-likeness (QED) is 0.812. The number of imidazole rings is 1. The Labute approximate surface area is 102 Å². The van der Waals surface area contributed by atoms with E-state index in [4.69, 9.17) is 5.73 Å². The lowest BCUT2D eigenvalue weighted by Crippen LogP contribution is -2.30. The van der Waals surface area contributed by atoms with Crippen LogP contribution in [0.25, 0.3) is 0 Å². The fourth-order valence-electron chi connectivity index (χ4n) is 2.52. The Balaban J connectivity index is 2.06. The smallest absolute Gasteiger partial charge is 0.201 e. The van der Waals surface area contributed by atoms with Crippen LogP contribution in [0.5, 0.6) is 0 Å². The molecule has 1 aromatic rings. The van der Waals surface area contributed by atoms with Crippen LogP contribution in [-0.2, 0) is 6.54 Å². The molecule has 0 unspecified atom stereocenters. The SMILES string of the molecule is CCCn1ccnc1C(=O)C1CCC(N)CC1. The predicted octanol–water partition coefficient (Wildman–Crippen LogP) is 1.99. The zero-order chi connectivity index (χ0) is 12.3. The van der Waals surface area contributed by atoms with Gasteiger partial charge in [0.25, 0.3) is 0 Å². The molecule has 0 amide bonds. The van der Waals surface area contributed by atoms with Crippen molar-refractivity contribution >= 4 is 5.78 Å². The normalized spacial score (nSPS) is 24.8. The number of nitrogens with two attached hydrogens (primary N) is 1. The van der Waals surface area contributed by atoms with E-state index in [2.05, 4.69) is 11.9 Å². The van der Waals surface area contributed by atoms with Crippen molar-refractivity contribution in [2.45, 2.75) is 51.6 Å².